The molecule has 3 aliphatic rings. The number of amides is 1. The van der Waals surface area contributed by atoms with Crippen molar-refractivity contribution in [2.75, 3.05) is 26.7 Å². The molecule has 1 saturated heterocycles. The van der Waals surface area contributed by atoms with Crippen LogP contribution in [0.4, 0.5) is 4.79 Å². The molecule has 5 nitrogen and oxygen atoms in total. The Labute approximate surface area is 197 Å². The van der Waals surface area contributed by atoms with Gasteiger partial charge in [0.1, 0.15) is 12.4 Å². The number of nitrogens with one attached hydrogen (secondary N) is 1. The third-order valence-electron chi connectivity index (χ3n) is 8.37. The van der Waals surface area contributed by atoms with Gasteiger partial charge in [-0.05, 0) is 55.4 Å². The summed E-state index contributed by atoms with van der Waals surface area (Å²) in [5.41, 5.74) is 2.22. The molecule has 1 amide bonds. The summed E-state index contributed by atoms with van der Waals surface area (Å²) in [5, 5.41) is 13.4. The summed E-state index contributed by atoms with van der Waals surface area (Å²) in [6.45, 7) is 3.95. The molecule has 2 aromatic carbocycles. The molecule has 1 unspecified atom stereocenters. The molecular weight excluding hydrogens is 412 g/mol. The summed E-state index contributed by atoms with van der Waals surface area (Å²) in [6.07, 6.45) is 6.54. The smallest absolute Gasteiger partial charge is 0.407 e. The Balaban J connectivity index is 1.30. The van der Waals surface area contributed by atoms with Crippen molar-refractivity contribution in [3.63, 3.8) is 0 Å². The van der Waals surface area contributed by atoms with E-state index in [1.807, 2.05) is 42.5 Å². The average Bonchev–Trinajstić information content (AvgIpc) is 3.62. The van der Waals surface area contributed by atoms with Crippen molar-refractivity contribution in [1.29, 1.82) is 0 Å². The summed E-state index contributed by atoms with van der Waals surface area (Å²) < 4.78 is 6.69. The Morgan fingerprint density at radius 1 is 1.12 bits per heavy atom. The number of carbonyl (C=O) groups is 1. The second-order valence-corrected chi connectivity index (χ2v) is 11.0. The fraction of sp³-hybridized carbons (Fsp3) is 0.536. The SMILES string of the molecule is C[N@+]1(CC2CC2)CC[C@@]2(c3cccc(O)c3)C[C@H](NC(=O)OCc3ccccc3)CCC2C1. The van der Waals surface area contributed by atoms with Crippen LogP contribution in [0.3, 0.4) is 0 Å². The summed E-state index contributed by atoms with van der Waals surface area (Å²) >= 11 is 0. The number of phenols is 1. The number of benzene rings is 2. The highest BCUT2D eigenvalue weighted by Crippen LogP contribution is 2.51. The van der Waals surface area contributed by atoms with Crippen LogP contribution in [0.25, 0.3) is 0 Å². The summed E-state index contributed by atoms with van der Waals surface area (Å²) in [4.78, 5) is 12.6. The maximum absolute atomic E-state index is 12.6. The third kappa shape index (κ3) is 5.03. The van der Waals surface area contributed by atoms with Crippen LogP contribution in [0.2, 0.25) is 0 Å². The molecule has 2 aliphatic carbocycles. The van der Waals surface area contributed by atoms with Gasteiger partial charge in [-0.1, -0.05) is 42.5 Å². The van der Waals surface area contributed by atoms with E-state index < -0.39 is 0 Å². The number of rotatable bonds is 6. The second-order valence-electron chi connectivity index (χ2n) is 11.0. The van der Waals surface area contributed by atoms with Gasteiger partial charge >= 0.3 is 6.09 Å². The first-order chi connectivity index (χ1) is 15.9. The number of piperidine rings is 1. The van der Waals surface area contributed by atoms with Crippen LogP contribution in [0.1, 0.15) is 49.7 Å². The van der Waals surface area contributed by atoms with Gasteiger partial charge in [-0.25, -0.2) is 4.79 Å². The van der Waals surface area contributed by atoms with Gasteiger partial charge in [-0.3, -0.25) is 0 Å². The number of hydrogen-bond donors (Lipinski definition) is 2. The van der Waals surface area contributed by atoms with Crippen LogP contribution in [-0.4, -0.2) is 48.4 Å². The van der Waals surface area contributed by atoms with E-state index >= 15 is 0 Å². The van der Waals surface area contributed by atoms with Crippen molar-refractivity contribution < 1.29 is 19.1 Å². The summed E-state index contributed by atoms with van der Waals surface area (Å²) in [5.74, 6) is 1.81. The lowest BCUT2D eigenvalue weighted by Gasteiger charge is -2.55. The lowest BCUT2D eigenvalue weighted by Crippen LogP contribution is -2.62. The average molecular weight is 450 g/mol. The van der Waals surface area contributed by atoms with E-state index in [1.165, 1.54) is 36.0 Å². The Kier molecular flexibility index (Phi) is 6.09. The molecule has 1 aliphatic heterocycles. The molecule has 176 valence electrons. The number of carbonyl (C=O) groups excluding carboxylic acids is 1. The van der Waals surface area contributed by atoms with Gasteiger partial charge in [-0.15, -0.1) is 0 Å². The zero-order valence-electron chi connectivity index (χ0n) is 19.7. The summed E-state index contributed by atoms with van der Waals surface area (Å²) in [6, 6.07) is 17.7. The maximum Gasteiger partial charge on any atom is 0.407 e. The molecule has 2 N–H and O–H groups in total. The van der Waals surface area contributed by atoms with Gasteiger partial charge in [-0.2, -0.15) is 0 Å². The van der Waals surface area contributed by atoms with Crippen molar-refractivity contribution in [2.24, 2.45) is 11.8 Å². The lowest BCUT2D eigenvalue weighted by atomic mass is 9.57. The Bertz CT molecular complexity index is 976. The molecule has 2 saturated carbocycles. The van der Waals surface area contributed by atoms with Crippen molar-refractivity contribution in [2.45, 2.75) is 56.6 Å². The number of nitrogens with zero attached hydrogens (tertiary/aromatic N) is 1. The van der Waals surface area contributed by atoms with E-state index in [0.717, 1.165) is 43.7 Å². The van der Waals surface area contributed by atoms with Gasteiger partial charge in [0.05, 0.1) is 26.7 Å². The van der Waals surface area contributed by atoms with Crippen LogP contribution >= 0.6 is 0 Å². The second kappa shape index (κ2) is 9.02. The molecule has 0 radical (unpaired) electrons. The minimum Gasteiger partial charge on any atom is -0.508 e. The highest BCUT2D eigenvalue weighted by Gasteiger charge is 2.53. The monoisotopic (exact) mass is 449 g/mol. The molecule has 1 heterocycles. The molecular formula is C28H37N2O3+. The van der Waals surface area contributed by atoms with Gasteiger partial charge in [0.25, 0.3) is 0 Å². The number of aromatic hydroxyl groups is 1. The predicted octanol–water partition coefficient (Wildman–Crippen LogP) is 4.99. The van der Waals surface area contributed by atoms with Gasteiger partial charge in [0.15, 0.2) is 0 Å². The Hall–Kier alpha value is -2.53. The van der Waals surface area contributed by atoms with Crippen molar-refractivity contribution in [3.8, 4) is 5.75 Å². The van der Waals surface area contributed by atoms with Crippen LogP contribution in [-0.2, 0) is 16.8 Å². The standard InChI is InChI=1S/C28H36N2O3/c1-30(18-21-10-11-21)15-14-28(23-8-5-9-26(31)16-23)17-25(13-12-24(28)19-30)29-27(32)33-20-22-6-3-2-4-7-22/h2-9,16,21,24-25H,10-15,17-20H2,1H3,(H-,29,31,32)/p+1/t24?,25-,28+,30-/m1/s1. The fourth-order valence-corrected chi connectivity index (χ4v) is 6.51. The predicted molar refractivity (Wildman–Crippen MR) is 129 cm³/mol. The third-order valence-corrected chi connectivity index (χ3v) is 8.37. The number of fused-ring (bicyclic) bond motifs is 1. The van der Waals surface area contributed by atoms with Crippen molar-refractivity contribution >= 4 is 6.09 Å². The quantitative estimate of drug-likeness (QED) is 0.611. The van der Waals surface area contributed by atoms with Crippen LogP contribution in [0, 0.1) is 11.8 Å². The number of hydrogen-bond acceptors (Lipinski definition) is 3. The minimum absolute atomic E-state index is 0.00429. The first kappa shape index (κ1) is 22.3. The van der Waals surface area contributed by atoms with Crippen molar-refractivity contribution in [3.05, 3.63) is 65.7 Å². The number of quaternary nitrogens is 1. The van der Waals surface area contributed by atoms with Gasteiger partial charge < -0.3 is 19.6 Å². The zero-order chi connectivity index (χ0) is 22.9. The molecule has 33 heavy (non-hydrogen) atoms. The highest BCUT2D eigenvalue weighted by molar-refractivity contribution is 5.67. The van der Waals surface area contributed by atoms with Crippen LogP contribution in [0.15, 0.2) is 54.6 Å². The fourth-order valence-electron chi connectivity index (χ4n) is 6.51. The topological polar surface area (TPSA) is 58.6 Å². The Morgan fingerprint density at radius 2 is 1.94 bits per heavy atom. The van der Waals surface area contributed by atoms with E-state index in [0.29, 0.717) is 11.7 Å². The van der Waals surface area contributed by atoms with E-state index in [2.05, 4.69) is 18.4 Å². The number of alkyl carbamates (subject to hydrolysis) is 1. The maximum atomic E-state index is 12.6. The zero-order valence-corrected chi connectivity index (χ0v) is 19.7. The number of ether oxygens (including phenoxy) is 1. The van der Waals surface area contributed by atoms with Crippen LogP contribution in [0.5, 0.6) is 5.75 Å². The molecule has 0 spiro atoms. The minimum atomic E-state index is -0.335. The molecule has 2 aromatic rings. The number of likely N-dealkylation sites (tertiary alicyclic amines) is 1. The molecule has 5 rings (SSSR count). The normalized spacial score (nSPS) is 31.4. The van der Waals surface area contributed by atoms with E-state index in [9.17, 15) is 9.90 Å². The lowest BCUT2D eigenvalue weighted by molar-refractivity contribution is -0.921. The highest BCUT2D eigenvalue weighted by atomic mass is 16.5. The summed E-state index contributed by atoms with van der Waals surface area (Å²) in [7, 11) is 2.44. The van der Waals surface area contributed by atoms with E-state index in [-0.39, 0.29) is 24.2 Å². The largest absolute Gasteiger partial charge is 0.508 e. The van der Waals surface area contributed by atoms with Gasteiger partial charge in [0.2, 0.25) is 0 Å². The molecule has 5 heteroatoms. The van der Waals surface area contributed by atoms with E-state index in [4.69, 9.17) is 4.74 Å². The Morgan fingerprint density at radius 3 is 2.70 bits per heavy atom. The van der Waals surface area contributed by atoms with Crippen molar-refractivity contribution in [1.82, 2.24) is 5.32 Å². The van der Waals surface area contributed by atoms with Gasteiger partial charge in [0, 0.05) is 29.7 Å². The first-order valence-electron chi connectivity index (χ1n) is 12.5. The number of phenolic OH excluding ortho intramolecular Hbond substituents is 1. The molecule has 3 fully saturated rings. The molecule has 4 atom stereocenters. The molecule has 0 bridgehead atoms. The van der Waals surface area contributed by atoms with Crippen LogP contribution < -0.4 is 5.32 Å². The van der Waals surface area contributed by atoms with E-state index in [1.54, 1.807) is 6.07 Å². The first-order valence-corrected chi connectivity index (χ1v) is 12.5. The molecule has 0 aromatic heterocycles.